The number of hydrogen-bond acceptors (Lipinski definition) is 13. The third-order valence-electron chi connectivity index (χ3n) is 15.1. The zero-order valence-corrected chi connectivity index (χ0v) is 45.6. The standard InChI is InChI=1S/C58H73FN12O5S/c1-39-54(77-38-63-39)41-22-20-40(21-23-41)34-62-56(75)47-33-44(72)36-70(47)57(76)55(58(2,3)4)65-52(73)19-9-7-5-6-8-10-26-60-53(74)37-67-28-30-68(31-29-67)50-18-12-16-45(64-50)48-35-61-49-24-25-51(66-71(48)49)69-27-13-17-46(69)42-14-11-15-43(59)32-42/h11-12,14-16,18,20-25,32,35,38,44,46-47,55,72H,5-10,13,17,19,26-31,33-34,36-37H2,1-4H3,(H,60,74)(H,62,75)(H,65,73)/t44-,46?,47+,55-/m1/s1. The van der Waals surface area contributed by atoms with Crippen LogP contribution in [0.2, 0.25) is 0 Å². The van der Waals surface area contributed by atoms with Crippen molar-refractivity contribution in [1.29, 1.82) is 0 Å². The van der Waals surface area contributed by atoms with Gasteiger partial charge in [0.2, 0.25) is 23.6 Å². The van der Waals surface area contributed by atoms with Crippen LogP contribution in [0.1, 0.15) is 108 Å². The second-order valence-corrected chi connectivity index (χ2v) is 22.7. The number of β-amino-alcohol motifs (C(OH)–C–C–N with tert-alkyl or cyclic N) is 1. The third-order valence-corrected chi connectivity index (χ3v) is 16.0. The number of aromatic nitrogens is 5. The number of unbranched alkanes of at least 4 members (excludes halogenated alkanes) is 5. The molecule has 2 aromatic carbocycles. The molecule has 3 saturated heterocycles. The molecule has 0 bridgehead atoms. The van der Waals surface area contributed by atoms with Gasteiger partial charge in [0.1, 0.15) is 35.2 Å². The maximum Gasteiger partial charge on any atom is 0.246 e. The Morgan fingerprint density at radius 2 is 1.61 bits per heavy atom. The fourth-order valence-electron chi connectivity index (χ4n) is 10.8. The van der Waals surface area contributed by atoms with Crippen molar-refractivity contribution in [2.24, 2.45) is 5.41 Å². The number of aliphatic hydroxyl groups excluding tert-OH is 1. The van der Waals surface area contributed by atoms with E-state index >= 15 is 0 Å². The second-order valence-electron chi connectivity index (χ2n) is 21.8. The zero-order valence-electron chi connectivity index (χ0n) is 44.8. The number of anilines is 2. The number of aryl methyl sites for hydroxylation is 1. The highest BCUT2D eigenvalue weighted by Gasteiger charge is 2.44. The molecule has 408 valence electrons. The number of benzene rings is 2. The number of nitrogens with zero attached hydrogens (tertiary/aromatic N) is 9. The van der Waals surface area contributed by atoms with Crippen molar-refractivity contribution in [2.75, 3.05) is 62.2 Å². The Bertz CT molecular complexity index is 2990. The van der Waals surface area contributed by atoms with E-state index in [0.29, 0.717) is 19.5 Å². The summed E-state index contributed by atoms with van der Waals surface area (Å²) in [5.74, 6) is 0.540. The molecule has 4 aromatic heterocycles. The van der Waals surface area contributed by atoms with Gasteiger partial charge in [0.05, 0.1) is 46.7 Å². The number of nitrogens with one attached hydrogen (secondary N) is 3. The van der Waals surface area contributed by atoms with Gasteiger partial charge in [-0.3, -0.25) is 24.1 Å². The van der Waals surface area contributed by atoms with E-state index in [2.05, 4.69) is 40.6 Å². The van der Waals surface area contributed by atoms with Crippen molar-refractivity contribution in [3.8, 4) is 21.8 Å². The molecule has 4 atom stereocenters. The molecular weight excluding hydrogens is 996 g/mol. The molecule has 0 aliphatic carbocycles. The molecule has 1 unspecified atom stereocenters. The summed E-state index contributed by atoms with van der Waals surface area (Å²) in [4.78, 5) is 76.9. The molecule has 0 radical (unpaired) electrons. The Hall–Kier alpha value is -6.83. The molecule has 6 aromatic rings. The molecule has 4 amide bonds. The fourth-order valence-corrected chi connectivity index (χ4v) is 11.6. The van der Waals surface area contributed by atoms with Gasteiger partial charge in [-0.2, -0.15) is 0 Å². The Kier molecular flexibility index (Phi) is 17.9. The normalized spacial score (nSPS) is 18.5. The number of carbonyl (C=O) groups excluding carboxylic acids is 4. The van der Waals surface area contributed by atoms with E-state index < -0.39 is 23.6 Å². The van der Waals surface area contributed by atoms with E-state index in [4.69, 9.17) is 10.1 Å². The van der Waals surface area contributed by atoms with Gasteiger partial charge in [0.15, 0.2) is 5.65 Å². The Labute approximate surface area is 454 Å². The van der Waals surface area contributed by atoms with Crippen LogP contribution in [0.3, 0.4) is 0 Å². The first kappa shape index (κ1) is 54.9. The number of carbonyl (C=O) groups is 4. The van der Waals surface area contributed by atoms with E-state index in [1.165, 1.54) is 11.0 Å². The van der Waals surface area contributed by atoms with Gasteiger partial charge < -0.3 is 35.8 Å². The second kappa shape index (κ2) is 25.1. The first-order valence-corrected chi connectivity index (χ1v) is 28.2. The van der Waals surface area contributed by atoms with Crippen LogP contribution in [-0.4, -0.2) is 134 Å². The Morgan fingerprint density at radius 3 is 2.36 bits per heavy atom. The highest BCUT2D eigenvalue weighted by Crippen LogP contribution is 2.36. The SMILES string of the molecule is Cc1ncsc1-c1ccc(CNC(=O)[C@@H]2C[C@@H](O)CN2C(=O)[C@@H](NC(=O)CCCCCCCCNC(=O)CN2CCN(c3cccc(-c4cnc5ccc(N6CCCC6c6cccc(F)c6)nn45)n3)CC2)C(C)(C)C)cc1. The molecule has 3 aliphatic heterocycles. The van der Waals surface area contributed by atoms with Gasteiger partial charge in [0, 0.05) is 65.2 Å². The number of piperazine rings is 1. The minimum Gasteiger partial charge on any atom is -0.391 e. The minimum atomic E-state index is -0.867. The highest BCUT2D eigenvalue weighted by molar-refractivity contribution is 7.13. The summed E-state index contributed by atoms with van der Waals surface area (Å²) in [5, 5.41) is 24.7. The van der Waals surface area contributed by atoms with Crippen molar-refractivity contribution in [2.45, 2.75) is 123 Å². The minimum absolute atomic E-state index is 0.0206. The molecule has 9 rings (SSSR count). The van der Waals surface area contributed by atoms with Crippen LogP contribution < -0.4 is 25.8 Å². The average Bonchev–Trinajstić information content (AvgIpc) is 4.27. The number of fused-ring (bicyclic) bond motifs is 1. The quantitative estimate of drug-likeness (QED) is 0.0521. The number of likely N-dealkylation sites (tertiary alicyclic amines) is 1. The number of halogens is 1. The summed E-state index contributed by atoms with van der Waals surface area (Å²) < 4.78 is 16.0. The smallest absolute Gasteiger partial charge is 0.246 e. The number of imidazole rings is 1. The van der Waals surface area contributed by atoms with Gasteiger partial charge >= 0.3 is 0 Å². The molecule has 3 fully saturated rings. The first-order chi connectivity index (χ1) is 37.2. The van der Waals surface area contributed by atoms with Crippen molar-refractivity contribution in [3.63, 3.8) is 0 Å². The van der Waals surface area contributed by atoms with Crippen molar-refractivity contribution in [1.82, 2.24) is 50.3 Å². The molecule has 19 heteroatoms. The summed E-state index contributed by atoms with van der Waals surface area (Å²) >= 11 is 1.58. The molecule has 77 heavy (non-hydrogen) atoms. The molecule has 17 nitrogen and oxygen atoms in total. The van der Waals surface area contributed by atoms with Crippen LogP contribution in [0.5, 0.6) is 0 Å². The van der Waals surface area contributed by atoms with E-state index in [-0.39, 0.29) is 61.4 Å². The molecule has 0 saturated carbocycles. The van der Waals surface area contributed by atoms with Gasteiger partial charge in [-0.25, -0.2) is 23.9 Å². The fraction of sp³-hybridized carbons (Fsp3) is 0.483. The van der Waals surface area contributed by atoms with Crippen molar-refractivity contribution < 1.29 is 28.7 Å². The largest absolute Gasteiger partial charge is 0.391 e. The monoisotopic (exact) mass is 1070 g/mol. The summed E-state index contributed by atoms with van der Waals surface area (Å²) in [6.07, 6.45) is 8.64. The van der Waals surface area contributed by atoms with Crippen molar-refractivity contribution in [3.05, 3.63) is 113 Å². The Morgan fingerprint density at radius 1 is 0.844 bits per heavy atom. The summed E-state index contributed by atoms with van der Waals surface area (Å²) in [6.45, 7) is 12.7. The van der Waals surface area contributed by atoms with Gasteiger partial charge in [0.25, 0.3) is 0 Å². The van der Waals surface area contributed by atoms with Crippen LogP contribution in [0.15, 0.2) is 90.6 Å². The predicted octanol–water partition coefficient (Wildman–Crippen LogP) is 7.48. The van der Waals surface area contributed by atoms with Crippen LogP contribution in [0, 0.1) is 18.2 Å². The molecular formula is C58H73FN12O5S. The number of pyridine rings is 1. The molecule has 3 aliphatic rings. The Balaban J connectivity index is 0.647. The lowest BCUT2D eigenvalue weighted by molar-refractivity contribution is -0.144. The van der Waals surface area contributed by atoms with E-state index in [9.17, 15) is 28.7 Å². The van der Waals surface area contributed by atoms with Gasteiger partial charge in [-0.05, 0) is 91.1 Å². The summed E-state index contributed by atoms with van der Waals surface area (Å²) in [7, 11) is 0. The van der Waals surface area contributed by atoms with E-state index in [1.807, 2.05) is 98.4 Å². The number of amides is 4. The lowest BCUT2D eigenvalue weighted by Crippen LogP contribution is -2.57. The van der Waals surface area contributed by atoms with E-state index in [0.717, 1.165) is 134 Å². The molecule has 4 N–H and O–H groups in total. The first-order valence-electron chi connectivity index (χ1n) is 27.3. The van der Waals surface area contributed by atoms with Gasteiger partial charge in [-0.15, -0.1) is 16.4 Å². The van der Waals surface area contributed by atoms with Gasteiger partial charge in [-0.1, -0.05) is 88.9 Å². The lowest BCUT2D eigenvalue weighted by Gasteiger charge is -2.35. The van der Waals surface area contributed by atoms with Crippen LogP contribution in [0.4, 0.5) is 16.0 Å². The maximum absolute atomic E-state index is 14.1. The number of rotatable bonds is 21. The third kappa shape index (κ3) is 13.8. The van der Waals surface area contributed by atoms with Crippen LogP contribution in [-0.2, 0) is 25.7 Å². The zero-order chi connectivity index (χ0) is 54.1. The van der Waals surface area contributed by atoms with Crippen LogP contribution >= 0.6 is 11.3 Å². The molecule has 7 heterocycles. The van der Waals surface area contributed by atoms with E-state index in [1.54, 1.807) is 29.7 Å². The highest BCUT2D eigenvalue weighted by atomic mass is 32.1. The average molecular weight is 1070 g/mol. The summed E-state index contributed by atoms with van der Waals surface area (Å²) in [6, 6.07) is 23.1. The number of hydrogen-bond donors (Lipinski definition) is 4. The lowest BCUT2D eigenvalue weighted by atomic mass is 9.85. The number of thiazole rings is 1. The topological polar surface area (TPSA) is 194 Å². The number of aliphatic hydroxyl groups is 1. The summed E-state index contributed by atoms with van der Waals surface area (Å²) in [5.41, 5.74) is 7.36. The van der Waals surface area contributed by atoms with Crippen molar-refractivity contribution >= 4 is 52.2 Å². The predicted molar refractivity (Wildman–Crippen MR) is 298 cm³/mol. The molecule has 0 spiro atoms. The van der Waals surface area contributed by atoms with Crippen LogP contribution in [0.25, 0.3) is 27.5 Å². The maximum atomic E-state index is 14.1.